The molecule has 0 saturated carbocycles. The van der Waals surface area contributed by atoms with Crippen LogP contribution < -0.4 is 4.57 Å². The Bertz CT molecular complexity index is 1620. The molecule has 0 radical (unpaired) electrons. The van der Waals surface area contributed by atoms with E-state index in [0.29, 0.717) is 16.7 Å². The predicted molar refractivity (Wildman–Crippen MR) is 119 cm³/mol. The molecule has 3 heteroatoms. The van der Waals surface area contributed by atoms with Crippen molar-refractivity contribution in [3.05, 3.63) is 89.6 Å². The van der Waals surface area contributed by atoms with Crippen LogP contribution in [0.5, 0.6) is 0 Å². The first-order valence-electron chi connectivity index (χ1n) is 11.9. The molecule has 0 bridgehead atoms. The number of ether oxygens (including phenoxy) is 1. The standard InChI is InChI=1S/C27H22NO2/c1-17-12-13-22-21-10-6-9-20(19-8-5-7-18-15-29-16-23(18)19)26(21)30-27(22)25(17)24-11-3-4-14-28(24)2/h3-14H,15-16H2,1-2H3/q+1/i15D2,16D2. The summed E-state index contributed by atoms with van der Waals surface area (Å²) < 4.78 is 47.0. The molecule has 0 spiro atoms. The molecule has 0 unspecified atom stereocenters. The van der Waals surface area contributed by atoms with E-state index in [-0.39, 0.29) is 11.1 Å². The molecule has 6 rings (SSSR count). The Kier molecular flexibility index (Phi) is 2.99. The van der Waals surface area contributed by atoms with Gasteiger partial charge in [-0.1, -0.05) is 48.5 Å². The molecule has 3 nitrogen and oxygen atoms in total. The number of furan rings is 1. The molecule has 3 aromatic carbocycles. The first-order chi connectivity index (χ1) is 16.2. The van der Waals surface area contributed by atoms with Gasteiger partial charge < -0.3 is 9.15 Å². The molecule has 5 aromatic rings. The van der Waals surface area contributed by atoms with Crippen molar-refractivity contribution in [2.45, 2.75) is 20.0 Å². The van der Waals surface area contributed by atoms with Crippen LogP contribution >= 0.6 is 0 Å². The van der Waals surface area contributed by atoms with Crippen LogP contribution in [0.2, 0.25) is 0 Å². The quantitative estimate of drug-likeness (QED) is 0.338. The average Bonchev–Trinajstić information content (AvgIpc) is 3.26. The van der Waals surface area contributed by atoms with Gasteiger partial charge in [-0.25, -0.2) is 4.57 Å². The largest absolute Gasteiger partial charge is 0.454 e. The molecule has 146 valence electrons. The summed E-state index contributed by atoms with van der Waals surface area (Å²) in [5.74, 6) is 0. The van der Waals surface area contributed by atoms with Gasteiger partial charge in [0.25, 0.3) is 0 Å². The van der Waals surface area contributed by atoms with Gasteiger partial charge in [0.05, 0.1) is 24.2 Å². The number of aryl methyl sites for hydroxylation is 2. The zero-order valence-corrected chi connectivity index (χ0v) is 16.7. The van der Waals surface area contributed by atoms with Crippen molar-refractivity contribution in [3.63, 3.8) is 0 Å². The number of rotatable bonds is 2. The third-order valence-corrected chi connectivity index (χ3v) is 5.86. The Morgan fingerprint density at radius 3 is 2.57 bits per heavy atom. The van der Waals surface area contributed by atoms with Gasteiger partial charge in [0, 0.05) is 28.5 Å². The van der Waals surface area contributed by atoms with Crippen LogP contribution in [0, 0.1) is 6.92 Å². The number of aromatic nitrogens is 1. The van der Waals surface area contributed by atoms with Crippen LogP contribution in [0.15, 0.2) is 77.3 Å². The Hall–Kier alpha value is -3.43. The Balaban J connectivity index is 1.69. The minimum Gasteiger partial charge on any atom is -0.454 e. The first kappa shape index (κ1) is 13.7. The van der Waals surface area contributed by atoms with Crippen molar-refractivity contribution in [3.8, 4) is 22.4 Å². The maximum atomic E-state index is 8.40. The van der Waals surface area contributed by atoms with Gasteiger partial charge in [0.1, 0.15) is 18.2 Å². The lowest BCUT2D eigenvalue weighted by atomic mass is 9.95. The SMILES string of the molecule is [2H]C1([2H])OC([2H])([2H])c2c(-c3cccc4c3oc3c(-c5cccc[n+]5C)c(C)ccc34)cccc21. The highest BCUT2D eigenvalue weighted by Gasteiger charge is 2.23. The second-order valence-electron chi connectivity index (χ2n) is 7.65. The Labute approximate surface area is 180 Å². The summed E-state index contributed by atoms with van der Waals surface area (Å²) in [5.41, 5.74) is 6.23. The van der Waals surface area contributed by atoms with E-state index in [0.717, 1.165) is 33.2 Å². The van der Waals surface area contributed by atoms with E-state index in [9.17, 15) is 0 Å². The summed E-state index contributed by atoms with van der Waals surface area (Å²) in [7, 11) is 2.00. The molecular formula is C27H22NO2+. The molecule has 1 aliphatic rings. The number of fused-ring (bicyclic) bond motifs is 4. The number of hydrogen-bond donors (Lipinski definition) is 0. The number of benzene rings is 3. The lowest BCUT2D eigenvalue weighted by Crippen LogP contribution is -2.30. The summed E-state index contributed by atoms with van der Waals surface area (Å²) in [4.78, 5) is 0. The maximum absolute atomic E-state index is 8.40. The van der Waals surface area contributed by atoms with Gasteiger partial charge in [-0.15, -0.1) is 0 Å². The zero-order valence-electron chi connectivity index (χ0n) is 20.7. The molecular weight excluding hydrogens is 370 g/mol. The number of pyridine rings is 1. The highest BCUT2D eigenvalue weighted by molar-refractivity contribution is 6.13. The van der Waals surface area contributed by atoms with Crippen molar-refractivity contribution in [2.75, 3.05) is 0 Å². The third kappa shape index (κ3) is 2.45. The molecule has 0 fully saturated rings. The molecule has 3 heterocycles. The van der Waals surface area contributed by atoms with Gasteiger partial charge in [0.15, 0.2) is 6.20 Å². The van der Waals surface area contributed by atoms with Crippen LogP contribution in [0.3, 0.4) is 0 Å². The van der Waals surface area contributed by atoms with Crippen LogP contribution in [0.4, 0.5) is 0 Å². The molecule has 2 aromatic heterocycles. The van der Waals surface area contributed by atoms with Crippen molar-refractivity contribution < 1.29 is 19.2 Å². The second kappa shape index (κ2) is 6.54. The van der Waals surface area contributed by atoms with Crippen LogP contribution in [0.1, 0.15) is 22.2 Å². The lowest BCUT2D eigenvalue weighted by molar-refractivity contribution is -0.660. The van der Waals surface area contributed by atoms with E-state index in [1.165, 1.54) is 0 Å². The Morgan fingerprint density at radius 2 is 1.67 bits per heavy atom. The van der Waals surface area contributed by atoms with Gasteiger partial charge in [-0.2, -0.15) is 0 Å². The summed E-state index contributed by atoms with van der Waals surface area (Å²) in [6.07, 6.45) is 2.00. The minimum absolute atomic E-state index is 0.205. The fourth-order valence-electron chi connectivity index (χ4n) is 4.38. The molecule has 0 atom stereocenters. The minimum atomic E-state index is -2.26. The summed E-state index contributed by atoms with van der Waals surface area (Å²) in [6, 6.07) is 21.1. The predicted octanol–water partition coefficient (Wildman–Crippen LogP) is 6.08. The monoisotopic (exact) mass is 396 g/mol. The van der Waals surface area contributed by atoms with Crippen LogP contribution in [-0.4, -0.2) is 0 Å². The van der Waals surface area contributed by atoms with E-state index in [1.54, 1.807) is 18.2 Å². The molecule has 30 heavy (non-hydrogen) atoms. The molecule has 0 aliphatic carbocycles. The van der Waals surface area contributed by atoms with Gasteiger partial charge in [-0.05, 0) is 35.2 Å². The zero-order chi connectivity index (χ0) is 23.8. The van der Waals surface area contributed by atoms with E-state index in [2.05, 4.69) is 29.7 Å². The molecule has 0 amide bonds. The second-order valence-corrected chi connectivity index (χ2v) is 7.65. The number of para-hydroxylation sites is 1. The molecule has 1 aliphatic heterocycles. The fraction of sp³-hybridized carbons (Fsp3) is 0.148. The summed E-state index contributed by atoms with van der Waals surface area (Å²) in [5, 5.41) is 1.90. The highest BCUT2D eigenvalue weighted by Crippen LogP contribution is 2.42. The smallest absolute Gasteiger partial charge is 0.216 e. The molecule has 0 saturated heterocycles. The highest BCUT2D eigenvalue weighted by atomic mass is 16.5. The van der Waals surface area contributed by atoms with Gasteiger partial charge in [-0.3, -0.25) is 0 Å². The van der Waals surface area contributed by atoms with E-state index >= 15 is 0 Å². The molecule has 0 N–H and O–H groups in total. The lowest BCUT2D eigenvalue weighted by Gasteiger charge is -2.08. The third-order valence-electron chi connectivity index (χ3n) is 5.86. The maximum Gasteiger partial charge on any atom is 0.216 e. The van der Waals surface area contributed by atoms with E-state index < -0.39 is 13.1 Å². The number of hydrogen-bond acceptors (Lipinski definition) is 2. The van der Waals surface area contributed by atoms with Gasteiger partial charge >= 0.3 is 0 Å². The fourth-order valence-corrected chi connectivity index (χ4v) is 4.38. The van der Waals surface area contributed by atoms with Crippen LogP contribution in [-0.2, 0) is 24.9 Å². The Morgan fingerprint density at radius 1 is 0.833 bits per heavy atom. The summed E-state index contributed by atoms with van der Waals surface area (Å²) >= 11 is 0. The average molecular weight is 397 g/mol. The topological polar surface area (TPSA) is 26.2 Å². The van der Waals surface area contributed by atoms with Crippen molar-refractivity contribution in [1.82, 2.24) is 0 Å². The summed E-state index contributed by atoms with van der Waals surface area (Å²) in [6.45, 7) is -2.40. The van der Waals surface area contributed by atoms with Crippen LogP contribution in [0.25, 0.3) is 44.3 Å². The van der Waals surface area contributed by atoms with Crippen molar-refractivity contribution in [2.24, 2.45) is 7.05 Å². The van der Waals surface area contributed by atoms with Gasteiger partial charge in [0.2, 0.25) is 5.69 Å². The van der Waals surface area contributed by atoms with E-state index in [1.807, 2.05) is 43.6 Å². The van der Waals surface area contributed by atoms with Crippen molar-refractivity contribution in [1.29, 1.82) is 0 Å². The van der Waals surface area contributed by atoms with Crippen molar-refractivity contribution >= 4 is 21.9 Å². The normalized spacial score (nSPS) is 18.6. The number of nitrogens with zero attached hydrogens (tertiary/aromatic N) is 1. The first-order valence-corrected chi connectivity index (χ1v) is 9.93. The van der Waals surface area contributed by atoms with E-state index in [4.69, 9.17) is 14.6 Å².